The van der Waals surface area contributed by atoms with Gasteiger partial charge < -0.3 is 5.32 Å². The van der Waals surface area contributed by atoms with Crippen molar-refractivity contribution in [3.05, 3.63) is 57.3 Å². The highest BCUT2D eigenvalue weighted by Crippen LogP contribution is 2.26. The minimum atomic E-state index is 0.407. The van der Waals surface area contributed by atoms with Crippen LogP contribution in [0.15, 0.2) is 36.4 Å². The summed E-state index contributed by atoms with van der Waals surface area (Å²) in [5.74, 6) is 0. The van der Waals surface area contributed by atoms with Crippen LogP contribution in [0.4, 0.5) is 0 Å². The molecule has 1 aromatic heterocycles. The molecule has 0 saturated carbocycles. The van der Waals surface area contributed by atoms with E-state index in [0.717, 1.165) is 6.42 Å². The van der Waals surface area contributed by atoms with Gasteiger partial charge in [0.1, 0.15) is 0 Å². The molecule has 1 N–H and O–H groups in total. The third-order valence-electron chi connectivity index (χ3n) is 3.53. The lowest BCUT2D eigenvalue weighted by Gasteiger charge is -2.22. The molecule has 1 heterocycles. The van der Waals surface area contributed by atoms with Gasteiger partial charge in [-0.2, -0.15) is 0 Å². The Morgan fingerprint density at radius 1 is 1.05 bits per heavy atom. The van der Waals surface area contributed by atoms with E-state index in [1.165, 1.54) is 20.9 Å². The second-order valence-corrected chi connectivity index (χ2v) is 6.53. The average molecular weight is 273 g/mol. The Morgan fingerprint density at radius 2 is 1.74 bits per heavy atom. The van der Waals surface area contributed by atoms with Gasteiger partial charge in [-0.3, -0.25) is 0 Å². The number of aryl methyl sites for hydroxylation is 2. The number of hydrogen-bond donors (Lipinski definition) is 1. The smallest absolute Gasteiger partial charge is 0.0391 e. The van der Waals surface area contributed by atoms with E-state index in [4.69, 9.17) is 0 Å². The maximum Gasteiger partial charge on any atom is 0.0391 e. The van der Waals surface area contributed by atoms with E-state index in [2.05, 4.69) is 69.4 Å². The summed E-state index contributed by atoms with van der Waals surface area (Å²) in [6, 6.07) is 14.1. The Kier molecular flexibility index (Phi) is 4.78. The van der Waals surface area contributed by atoms with E-state index >= 15 is 0 Å². The van der Waals surface area contributed by atoms with Crippen LogP contribution >= 0.6 is 11.3 Å². The predicted octanol–water partition coefficient (Wildman–Crippen LogP) is 5.17. The molecule has 0 saturated heterocycles. The van der Waals surface area contributed by atoms with Crippen molar-refractivity contribution in [3.63, 3.8) is 0 Å². The fourth-order valence-corrected chi connectivity index (χ4v) is 3.21. The van der Waals surface area contributed by atoms with Gasteiger partial charge in [0.25, 0.3) is 0 Å². The summed E-state index contributed by atoms with van der Waals surface area (Å²) >= 11 is 1.88. The van der Waals surface area contributed by atoms with Crippen LogP contribution in [0.5, 0.6) is 0 Å². The van der Waals surface area contributed by atoms with Gasteiger partial charge in [0, 0.05) is 21.8 Å². The van der Waals surface area contributed by atoms with E-state index < -0.39 is 0 Å². The molecule has 0 aliphatic heterocycles. The quantitative estimate of drug-likeness (QED) is 0.792. The van der Waals surface area contributed by atoms with Crippen molar-refractivity contribution in [2.24, 2.45) is 0 Å². The van der Waals surface area contributed by atoms with Crippen LogP contribution < -0.4 is 5.32 Å². The minimum Gasteiger partial charge on any atom is -0.303 e. The van der Waals surface area contributed by atoms with Crippen LogP contribution in [0.3, 0.4) is 0 Å². The van der Waals surface area contributed by atoms with Crippen molar-refractivity contribution in [2.75, 3.05) is 0 Å². The van der Waals surface area contributed by atoms with Crippen LogP contribution in [0, 0.1) is 13.8 Å². The SMILES string of the molecule is CCC(NC(C)c1ccc(C)s1)c1ccc(C)cc1. The van der Waals surface area contributed by atoms with Crippen molar-refractivity contribution in [1.29, 1.82) is 0 Å². The zero-order valence-corrected chi connectivity index (χ0v) is 13.1. The molecule has 0 radical (unpaired) electrons. The largest absolute Gasteiger partial charge is 0.303 e. The number of nitrogens with one attached hydrogen (secondary N) is 1. The zero-order chi connectivity index (χ0) is 13.8. The van der Waals surface area contributed by atoms with E-state index in [9.17, 15) is 0 Å². The summed E-state index contributed by atoms with van der Waals surface area (Å²) in [7, 11) is 0. The molecule has 1 nitrogen and oxygen atoms in total. The monoisotopic (exact) mass is 273 g/mol. The first-order valence-electron chi connectivity index (χ1n) is 6.99. The lowest BCUT2D eigenvalue weighted by molar-refractivity contribution is 0.460. The van der Waals surface area contributed by atoms with Gasteiger partial charge in [-0.1, -0.05) is 36.8 Å². The first kappa shape index (κ1) is 14.3. The Hall–Kier alpha value is -1.12. The first-order valence-corrected chi connectivity index (χ1v) is 7.80. The topological polar surface area (TPSA) is 12.0 Å². The Bertz CT molecular complexity index is 512. The molecule has 0 spiro atoms. The number of hydrogen-bond acceptors (Lipinski definition) is 2. The van der Waals surface area contributed by atoms with E-state index in [0.29, 0.717) is 12.1 Å². The Labute approximate surface area is 120 Å². The van der Waals surface area contributed by atoms with Gasteiger partial charge >= 0.3 is 0 Å². The highest BCUT2D eigenvalue weighted by Gasteiger charge is 2.14. The van der Waals surface area contributed by atoms with Crippen LogP contribution in [0.1, 0.15) is 53.2 Å². The molecule has 0 bridgehead atoms. The minimum absolute atomic E-state index is 0.407. The molecular weight excluding hydrogens is 250 g/mol. The molecule has 0 aliphatic carbocycles. The molecule has 2 unspecified atom stereocenters. The van der Waals surface area contributed by atoms with Gasteiger partial charge in [0.2, 0.25) is 0 Å². The summed E-state index contributed by atoms with van der Waals surface area (Å²) in [4.78, 5) is 2.80. The van der Waals surface area contributed by atoms with Gasteiger partial charge in [0.05, 0.1) is 0 Å². The van der Waals surface area contributed by atoms with E-state index in [1.807, 2.05) is 11.3 Å². The fourth-order valence-electron chi connectivity index (χ4n) is 2.32. The average Bonchev–Trinajstić information content (AvgIpc) is 2.84. The maximum atomic E-state index is 3.74. The van der Waals surface area contributed by atoms with Crippen LogP contribution in [0.2, 0.25) is 0 Å². The highest BCUT2D eigenvalue weighted by atomic mass is 32.1. The number of benzene rings is 1. The van der Waals surface area contributed by atoms with Gasteiger partial charge in [0.15, 0.2) is 0 Å². The fraction of sp³-hybridized carbons (Fsp3) is 0.412. The van der Waals surface area contributed by atoms with Crippen molar-refractivity contribution in [1.82, 2.24) is 5.32 Å². The molecule has 0 fully saturated rings. The molecule has 102 valence electrons. The lowest BCUT2D eigenvalue weighted by atomic mass is 10.0. The molecule has 2 atom stereocenters. The molecule has 2 rings (SSSR count). The van der Waals surface area contributed by atoms with Crippen LogP contribution in [-0.2, 0) is 0 Å². The molecule has 19 heavy (non-hydrogen) atoms. The van der Waals surface area contributed by atoms with E-state index in [-0.39, 0.29) is 0 Å². The van der Waals surface area contributed by atoms with Crippen molar-refractivity contribution >= 4 is 11.3 Å². The summed E-state index contributed by atoms with van der Waals surface area (Å²) < 4.78 is 0. The highest BCUT2D eigenvalue weighted by molar-refractivity contribution is 7.12. The Morgan fingerprint density at radius 3 is 2.26 bits per heavy atom. The lowest BCUT2D eigenvalue weighted by Crippen LogP contribution is -2.23. The summed E-state index contributed by atoms with van der Waals surface area (Å²) in [5.41, 5.74) is 2.70. The third-order valence-corrected chi connectivity index (χ3v) is 4.71. The molecule has 0 amide bonds. The van der Waals surface area contributed by atoms with Crippen LogP contribution in [-0.4, -0.2) is 0 Å². The van der Waals surface area contributed by atoms with Crippen molar-refractivity contribution in [2.45, 2.75) is 46.2 Å². The maximum absolute atomic E-state index is 3.74. The van der Waals surface area contributed by atoms with Gasteiger partial charge in [-0.05, 0) is 44.9 Å². The standard InChI is InChI=1S/C17H23NS/c1-5-16(15-9-6-12(2)7-10-15)18-14(4)17-11-8-13(3)19-17/h6-11,14,16,18H,5H2,1-4H3. The molecule has 0 aliphatic rings. The normalized spacial score (nSPS) is 14.3. The summed E-state index contributed by atoms with van der Waals surface area (Å²) in [6.45, 7) is 8.79. The summed E-state index contributed by atoms with van der Waals surface area (Å²) in [5, 5.41) is 3.74. The molecular formula is C17H23NS. The Balaban J connectivity index is 2.08. The second kappa shape index (κ2) is 6.36. The molecule has 1 aromatic carbocycles. The van der Waals surface area contributed by atoms with Crippen LogP contribution in [0.25, 0.3) is 0 Å². The third kappa shape index (κ3) is 3.68. The van der Waals surface area contributed by atoms with Crippen molar-refractivity contribution in [3.8, 4) is 0 Å². The zero-order valence-electron chi connectivity index (χ0n) is 12.2. The predicted molar refractivity (Wildman–Crippen MR) is 84.8 cm³/mol. The summed E-state index contributed by atoms with van der Waals surface area (Å²) in [6.07, 6.45) is 1.11. The number of thiophene rings is 1. The van der Waals surface area contributed by atoms with Gasteiger partial charge in [-0.15, -0.1) is 11.3 Å². The molecule has 2 heteroatoms. The second-order valence-electron chi connectivity index (χ2n) is 5.21. The van der Waals surface area contributed by atoms with Gasteiger partial charge in [-0.25, -0.2) is 0 Å². The number of rotatable bonds is 5. The van der Waals surface area contributed by atoms with Crippen molar-refractivity contribution < 1.29 is 0 Å². The van der Waals surface area contributed by atoms with E-state index in [1.54, 1.807) is 0 Å². The first-order chi connectivity index (χ1) is 9.10. The molecule has 2 aromatic rings.